The van der Waals surface area contributed by atoms with E-state index in [0.717, 1.165) is 72.9 Å². The number of nitrogens with one attached hydrogen (secondary N) is 2. The highest BCUT2D eigenvalue weighted by molar-refractivity contribution is 7.89. The lowest BCUT2D eigenvalue weighted by atomic mass is 9.96. The minimum atomic E-state index is -1.37. The molecule has 258 valence electrons. The Morgan fingerprint density at radius 2 is 1.96 bits per heavy atom. The second-order valence-electron chi connectivity index (χ2n) is 13.0. The van der Waals surface area contributed by atoms with Crippen molar-refractivity contribution < 1.29 is 29.0 Å². The number of carbonyl (C=O) groups excluding carboxylic acids is 1. The van der Waals surface area contributed by atoms with Crippen LogP contribution in [-0.4, -0.2) is 75.1 Å². The number of nitrogens with zero attached hydrogens (tertiary/aromatic N) is 2. The highest BCUT2D eigenvalue weighted by Crippen LogP contribution is 2.53. The van der Waals surface area contributed by atoms with E-state index in [2.05, 4.69) is 21.7 Å². The molecule has 12 heteroatoms. The lowest BCUT2D eigenvalue weighted by molar-refractivity contribution is 0.0173. The molecule has 2 heterocycles. The average Bonchev–Trinajstić information content (AvgIpc) is 4.04. The number of para-hydroxylation sites is 1. The van der Waals surface area contributed by atoms with E-state index in [9.17, 15) is 14.5 Å². The van der Waals surface area contributed by atoms with Crippen LogP contribution in [0.5, 0.6) is 5.75 Å². The lowest BCUT2D eigenvalue weighted by Gasteiger charge is -2.23. The number of amides is 2. The Bertz CT molecular complexity index is 1540. The lowest BCUT2D eigenvalue weighted by Crippen LogP contribution is -2.39. The van der Waals surface area contributed by atoms with Crippen LogP contribution >= 0.6 is 11.6 Å². The fourth-order valence-corrected chi connectivity index (χ4v) is 7.62. The molecule has 2 saturated carbocycles. The standard InChI is InChI=1S/C36H45ClN4O6S/c37-33-11-10-29(48(45)41-18-13-25(22-41)20-40-35(44)39-16-4-3-5-27(43)23-42)19-26(33)24-46-36(14-15-36)32-21-38-17-12-30(32)31-6-1-2-7-34(31)47-28-8-9-28/h1-2,6-7,10-12,17,19,21,25,27-28,42-43H,3-5,8-9,13-16,18,20,22-24H2,(H2,39,40,44). The summed E-state index contributed by atoms with van der Waals surface area (Å²) < 4.78 is 28.4. The van der Waals surface area contributed by atoms with Crippen molar-refractivity contribution >= 4 is 29.0 Å². The number of halogens is 1. The van der Waals surface area contributed by atoms with Crippen molar-refractivity contribution in [2.24, 2.45) is 5.92 Å². The monoisotopic (exact) mass is 696 g/mol. The normalized spacial score (nSPS) is 19.9. The average molecular weight is 697 g/mol. The van der Waals surface area contributed by atoms with Gasteiger partial charge in [0.05, 0.1) is 42.4 Å². The SMILES string of the molecule is O=C(NCCCCC(O)CO)NCC1CCN([S+]([O-])c2ccc(Cl)c(COC3(c4cnccc4-c4ccccc4OC4CC4)CC3)c2)C1. The minimum absolute atomic E-state index is 0.192. The van der Waals surface area contributed by atoms with Gasteiger partial charge in [0.1, 0.15) is 5.75 Å². The summed E-state index contributed by atoms with van der Waals surface area (Å²) in [6.07, 6.45) is 10.0. The van der Waals surface area contributed by atoms with Gasteiger partial charge in [0.2, 0.25) is 0 Å². The summed E-state index contributed by atoms with van der Waals surface area (Å²) in [6.45, 7) is 2.31. The van der Waals surface area contributed by atoms with Crippen molar-refractivity contribution in [3.05, 3.63) is 77.1 Å². The number of unbranched alkanes of at least 4 members (excludes halogenated alkanes) is 1. The molecule has 2 aromatic carbocycles. The number of rotatable bonds is 17. The zero-order chi connectivity index (χ0) is 33.5. The molecular formula is C36H45ClN4O6S. The van der Waals surface area contributed by atoms with E-state index < -0.39 is 23.1 Å². The van der Waals surface area contributed by atoms with Gasteiger partial charge in [0.25, 0.3) is 0 Å². The van der Waals surface area contributed by atoms with Crippen LogP contribution in [0.1, 0.15) is 62.5 Å². The Balaban J connectivity index is 1.02. The highest BCUT2D eigenvalue weighted by Gasteiger charge is 2.48. The van der Waals surface area contributed by atoms with Gasteiger partial charge in [-0.3, -0.25) is 4.98 Å². The number of ether oxygens (including phenoxy) is 2. The Morgan fingerprint density at radius 1 is 1.12 bits per heavy atom. The summed E-state index contributed by atoms with van der Waals surface area (Å²) in [4.78, 5) is 17.3. The molecule has 3 aromatic rings. The molecule has 10 nitrogen and oxygen atoms in total. The van der Waals surface area contributed by atoms with Crippen LogP contribution in [0.4, 0.5) is 4.79 Å². The molecule has 0 bridgehead atoms. The zero-order valence-electron chi connectivity index (χ0n) is 27.1. The number of pyridine rings is 1. The first-order chi connectivity index (χ1) is 23.3. The summed E-state index contributed by atoms with van der Waals surface area (Å²) >= 11 is 5.27. The molecule has 0 radical (unpaired) electrons. The van der Waals surface area contributed by atoms with Crippen molar-refractivity contribution in [2.75, 3.05) is 32.8 Å². The fourth-order valence-electron chi connectivity index (χ4n) is 6.10. The molecule has 6 rings (SSSR count). The maximum absolute atomic E-state index is 13.6. The van der Waals surface area contributed by atoms with E-state index in [0.29, 0.717) is 48.6 Å². The third-order valence-electron chi connectivity index (χ3n) is 9.23. The minimum Gasteiger partial charge on any atom is -0.593 e. The van der Waals surface area contributed by atoms with Gasteiger partial charge in [-0.15, -0.1) is 4.31 Å². The first-order valence-corrected chi connectivity index (χ1v) is 18.4. The van der Waals surface area contributed by atoms with Crippen LogP contribution in [0.2, 0.25) is 5.02 Å². The summed E-state index contributed by atoms with van der Waals surface area (Å²) in [5.74, 6) is 1.07. The Kier molecular flexibility index (Phi) is 11.8. The molecule has 1 saturated heterocycles. The van der Waals surface area contributed by atoms with Crippen LogP contribution in [0.25, 0.3) is 11.1 Å². The Labute approximate surface area is 290 Å². The molecule has 1 aliphatic heterocycles. The molecule has 2 aliphatic carbocycles. The molecule has 3 aliphatic rings. The quantitative estimate of drug-likeness (QED) is 0.110. The number of benzene rings is 2. The predicted octanol–water partition coefficient (Wildman–Crippen LogP) is 5.32. The molecule has 48 heavy (non-hydrogen) atoms. The molecule has 1 aromatic heterocycles. The van der Waals surface area contributed by atoms with E-state index in [1.807, 2.05) is 53.1 Å². The molecule has 0 spiro atoms. The summed E-state index contributed by atoms with van der Waals surface area (Å²) in [6, 6.07) is 15.4. The number of urea groups is 1. The molecule has 3 atom stereocenters. The molecule has 2 amide bonds. The molecular weight excluding hydrogens is 652 g/mol. The van der Waals surface area contributed by atoms with Crippen molar-refractivity contribution in [1.82, 2.24) is 19.9 Å². The fraction of sp³-hybridized carbons (Fsp3) is 0.500. The van der Waals surface area contributed by atoms with E-state index in [-0.39, 0.29) is 25.2 Å². The van der Waals surface area contributed by atoms with Crippen molar-refractivity contribution in [2.45, 2.75) is 80.7 Å². The number of aliphatic hydroxyl groups excluding tert-OH is 2. The smallest absolute Gasteiger partial charge is 0.314 e. The van der Waals surface area contributed by atoms with Crippen LogP contribution in [0.3, 0.4) is 0 Å². The van der Waals surface area contributed by atoms with Gasteiger partial charge < -0.3 is 34.9 Å². The maximum Gasteiger partial charge on any atom is 0.314 e. The summed E-state index contributed by atoms with van der Waals surface area (Å²) in [5, 5.41) is 24.6. The van der Waals surface area contributed by atoms with E-state index in [1.54, 1.807) is 6.07 Å². The van der Waals surface area contributed by atoms with Crippen LogP contribution < -0.4 is 15.4 Å². The Hall–Kier alpha value is -2.90. The number of hydrogen-bond donors (Lipinski definition) is 4. The van der Waals surface area contributed by atoms with Crippen molar-refractivity contribution in [3.8, 4) is 16.9 Å². The molecule has 3 unspecified atom stereocenters. The number of carbonyl (C=O) groups is 1. The van der Waals surface area contributed by atoms with Crippen LogP contribution in [0.15, 0.2) is 65.8 Å². The maximum atomic E-state index is 13.6. The van der Waals surface area contributed by atoms with E-state index in [1.165, 1.54) is 0 Å². The predicted molar refractivity (Wildman–Crippen MR) is 185 cm³/mol. The number of aromatic nitrogens is 1. The van der Waals surface area contributed by atoms with Gasteiger partial charge in [0, 0.05) is 66.4 Å². The largest absolute Gasteiger partial charge is 0.593 e. The van der Waals surface area contributed by atoms with E-state index >= 15 is 0 Å². The van der Waals surface area contributed by atoms with Crippen LogP contribution in [-0.2, 0) is 28.3 Å². The summed E-state index contributed by atoms with van der Waals surface area (Å²) in [5.41, 5.74) is 3.45. The third-order valence-corrected chi connectivity index (χ3v) is 11.1. The van der Waals surface area contributed by atoms with Gasteiger partial charge in [-0.25, -0.2) is 4.79 Å². The molecule has 3 fully saturated rings. The van der Waals surface area contributed by atoms with Gasteiger partial charge in [-0.05, 0) is 87.1 Å². The topological polar surface area (TPSA) is 139 Å². The van der Waals surface area contributed by atoms with Gasteiger partial charge in [-0.1, -0.05) is 29.8 Å². The number of hydrogen-bond acceptors (Lipinski definition) is 8. The zero-order valence-corrected chi connectivity index (χ0v) is 28.7. The third kappa shape index (κ3) is 9.01. The van der Waals surface area contributed by atoms with Crippen molar-refractivity contribution in [1.29, 1.82) is 0 Å². The second-order valence-corrected chi connectivity index (χ2v) is 14.9. The Morgan fingerprint density at radius 3 is 2.75 bits per heavy atom. The van der Waals surface area contributed by atoms with Gasteiger partial charge in [0.15, 0.2) is 4.90 Å². The van der Waals surface area contributed by atoms with E-state index in [4.69, 9.17) is 26.2 Å². The van der Waals surface area contributed by atoms with Crippen molar-refractivity contribution in [3.63, 3.8) is 0 Å². The highest BCUT2D eigenvalue weighted by atomic mass is 35.5. The summed E-state index contributed by atoms with van der Waals surface area (Å²) in [7, 11) is 0. The van der Waals surface area contributed by atoms with Gasteiger partial charge in [-0.2, -0.15) is 0 Å². The number of aliphatic hydroxyl groups is 2. The van der Waals surface area contributed by atoms with Crippen LogP contribution in [0, 0.1) is 5.92 Å². The first-order valence-electron chi connectivity index (χ1n) is 17.0. The van der Waals surface area contributed by atoms with Gasteiger partial charge >= 0.3 is 6.03 Å². The first kappa shape index (κ1) is 34.9. The molecule has 4 N–H and O–H groups in total. The second kappa shape index (κ2) is 16.2.